The second kappa shape index (κ2) is 4.16. The highest BCUT2D eigenvalue weighted by atomic mass is 35.5. The third-order valence-corrected chi connectivity index (χ3v) is 2.52. The summed E-state index contributed by atoms with van der Waals surface area (Å²) in [5.74, 6) is -0.194. The lowest BCUT2D eigenvalue weighted by Gasteiger charge is -2.26. The van der Waals surface area contributed by atoms with Crippen molar-refractivity contribution >= 4 is 17.5 Å². The van der Waals surface area contributed by atoms with Gasteiger partial charge in [0, 0.05) is 11.9 Å². The highest BCUT2D eigenvalue weighted by Crippen LogP contribution is 2.16. The Bertz CT molecular complexity index is 391. The van der Waals surface area contributed by atoms with Crippen LogP contribution in [0.1, 0.15) is 16.1 Å². The van der Waals surface area contributed by atoms with Gasteiger partial charge in [0.25, 0.3) is 5.91 Å². The Balaban J connectivity index is 2.10. The van der Waals surface area contributed by atoms with Crippen molar-refractivity contribution in [3.05, 3.63) is 28.5 Å². The number of carbonyl (C=O) groups excluding carboxylic acids is 1. The summed E-state index contributed by atoms with van der Waals surface area (Å²) in [6, 6.07) is 1.78. The summed E-state index contributed by atoms with van der Waals surface area (Å²) < 4.78 is 4.96. The van der Waals surface area contributed by atoms with Crippen LogP contribution in [0.15, 0.2) is 12.3 Å². The third kappa shape index (κ3) is 2.27. The van der Waals surface area contributed by atoms with E-state index in [0.29, 0.717) is 23.8 Å². The van der Waals surface area contributed by atoms with Crippen LogP contribution in [0.2, 0.25) is 5.02 Å². The van der Waals surface area contributed by atoms with Crippen molar-refractivity contribution in [2.24, 2.45) is 0 Å². The van der Waals surface area contributed by atoms with Crippen LogP contribution in [-0.4, -0.2) is 30.1 Å². The van der Waals surface area contributed by atoms with Crippen molar-refractivity contribution in [3.63, 3.8) is 0 Å². The summed E-state index contributed by atoms with van der Waals surface area (Å²) in [5.41, 5.74) is 1.21. The Kier molecular flexibility index (Phi) is 2.88. The van der Waals surface area contributed by atoms with Gasteiger partial charge >= 0.3 is 0 Å². The van der Waals surface area contributed by atoms with E-state index in [0.717, 1.165) is 5.69 Å². The summed E-state index contributed by atoms with van der Waals surface area (Å²) in [6.07, 6.45) is 1.49. The van der Waals surface area contributed by atoms with Crippen molar-refractivity contribution in [2.45, 2.75) is 13.0 Å². The fraction of sp³-hybridized carbons (Fsp3) is 0.400. The predicted molar refractivity (Wildman–Crippen MR) is 56.1 cm³/mol. The van der Waals surface area contributed by atoms with Crippen LogP contribution < -0.4 is 5.32 Å². The van der Waals surface area contributed by atoms with Gasteiger partial charge in [0.15, 0.2) is 0 Å². The maximum atomic E-state index is 11.7. The number of pyridine rings is 1. The Hall–Kier alpha value is -1.13. The summed E-state index contributed by atoms with van der Waals surface area (Å²) >= 11 is 5.94. The standard InChI is InChI=1S/C10H11ClN2O2/c1-6-2-9(11)8(3-12-6)10(14)13-7-4-15-5-7/h2-3,7H,4-5H2,1H3,(H,13,14). The molecule has 1 aliphatic rings. The first kappa shape index (κ1) is 10.4. The number of aryl methyl sites for hydroxylation is 1. The number of amides is 1. The zero-order chi connectivity index (χ0) is 10.8. The van der Waals surface area contributed by atoms with E-state index >= 15 is 0 Å². The molecule has 0 atom stereocenters. The molecular formula is C10H11ClN2O2. The Morgan fingerprint density at radius 3 is 2.93 bits per heavy atom. The number of rotatable bonds is 2. The van der Waals surface area contributed by atoms with E-state index in [1.165, 1.54) is 6.20 Å². The van der Waals surface area contributed by atoms with Gasteiger partial charge < -0.3 is 10.1 Å². The number of carbonyl (C=O) groups is 1. The summed E-state index contributed by atoms with van der Waals surface area (Å²) in [7, 11) is 0. The number of aromatic nitrogens is 1. The van der Waals surface area contributed by atoms with Crippen molar-refractivity contribution in [2.75, 3.05) is 13.2 Å². The van der Waals surface area contributed by atoms with E-state index in [-0.39, 0.29) is 11.9 Å². The van der Waals surface area contributed by atoms with Gasteiger partial charge in [-0.05, 0) is 13.0 Å². The summed E-state index contributed by atoms with van der Waals surface area (Å²) in [6.45, 7) is 2.97. The van der Waals surface area contributed by atoms with Crippen LogP contribution in [0, 0.1) is 6.92 Å². The van der Waals surface area contributed by atoms with Crippen LogP contribution in [0.4, 0.5) is 0 Å². The maximum absolute atomic E-state index is 11.7. The molecule has 1 aromatic heterocycles. The molecule has 0 spiro atoms. The highest BCUT2D eigenvalue weighted by Gasteiger charge is 2.22. The van der Waals surface area contributed by atoms with Crippen molar-refractivity contribution in [1.29, 1.82) is 0 Å². The van der Waals surface area contributed by atoms with Crippen LogP contribution >= 0.6 is 11.6 Å². The maximum Gasteiger partial charge on any atom is 0.254 e. The summed E-state index contributed by atoms with van der Waals surface area (Å²) in [4.78, 5) is 15.7. The van der Waals surface area contributed by atoms with Crippen LogP contribution in [-0.2, 0) is 4.74 Å². The van der Waals surface area contributed by atoms with Crippen molar-refractivity contribution in [3.8, 4) is 0 Å². The average molecular weight is 227 g/mol. The number of nitrogens with zero attached hydrogens (tertiary/aromatic N) is 1. The van der Waals surface area contributed by atoms with Gasteiger partial charge in [0.2, 0.25) is 0 Å². The Morgan fingerprint density at radius 2 is 2.40 bits per heavy atom. The smallest absolute Gasteiger partial charge is 0.254 e. The largest absolute Gasteiger partial charge is 0.377 e. The first-order valence-electron chi connectivity index (χ1n) is 4.67. The minimum atomic E-state index is -0.194. The molecule has 1 aliphatic heterocycles. The molecule has 0 unspecified atom stereocenters. The fourth-order valence-corrected chi connectivity index (χ4v) is 1.57. The first-order chi connectivity index (χ1) is 7.16. The average Bonchev–Trinajstić information content (AvgIpc) is 2.11. The second-order valence-electron chi connectivity index (χ2n) is 3.51. The molecule has 15 heavy (non-hydrogen) atoms. The molecule has 1 aromatic rings. The van der Waals surface area contributed by atoms with Crippen LogP contribution in [0.3, 0.4) is 0 Å². The zero-order valence-electron chi connectivity index (χ0n) is 8.29. The van der Waals surface area contributed by atoms with Crippen molar-refractivity contribution in [1.82, 2.24) is 10.3 Å². The van der Waals surface area contributed by atoms with Crippen LogP contribution in [0.5, 0.6) is 0 Å². The van der Waals surface area contributed by atoms with E-state index in [4.69, 9.17) is 16.3 Å². The van der Waals surface area contributed by atoms with Crippen LogP contribution in [0.25, 0.3) is 0 Å². The topological polar surface area (TPSA) is 51.2 Å². The number of nitrogens with one attached hydrogen (secondary N) is 1. The molecular weight excluding hydrogens is 216 g/mol. The molecule has 0 saturated carbocycles. The van der Waals surface area contributed by atoms with Gasteiger partial charge in [-0.25, -0.2) is 0 Å². The third-order valence-electron chi connectivity index (χ3n) is 2.21. The van der Waals surface area contributed by atoms with E-state index in [9.17, 15) is 4.79 Å². The summed E-state index contributed by atoms with van der Waals surface area (Å²) in [5, 5.41) is 3.24. The molecule has 0 radical (unpaired) electrons. The van der Waals surface area contributed by atoms with Gasteiger partial charge in [-0.1, -0.05) is 11.6 Å². The molecule has 4 nitrogen and oxygen atoms in total. The van der Waals surface area contributed by atoms with E-state index in [2.05, 4.69) is 10.3 Å². The number of hydrogen-bond acceptors (Lipinski definition) is 3. The van der Waals surface area contributed by atoms with Gasteiger partial charge in [-0.15, -0.1) is 0 Å². The molecule has 0 aromatic carbocycles. The molecule has 1 amide bonds. The lowest BCUT2D eigenvalue weighted by Crippen LogP contribution is -2.48. The predicted octanol–water partition coefficient (Wildman–Crippen LogP) is 1.17. The zero-order valence-corrected chi connectivity index (χ0v) is 9.04. The highest BCUT2D eigenvalue weighted by molar-refractivity contribution is 6.33. The molecule has 0 bridgehead atoms. The molecule has 5 heteroatoms. The molecule has 80 valence electrons. The monoisotopic (exact) mass is 226 g/mol. The number of ether oxygens (including phenoxy) is 1. The van der Waals surface area contributed by atoms with Gasteiger partial charge in [0.05, 0.1) is 29.8 Å². The SMILES string of the molecule is Cc1cc(Cl)c(C(=O)NC2COC2)cn1. The lowest BCUT2D eigenvalue weighted by molar-refractivity contribution is -0.00346. The normalized spacial score (nSPS) is 15.9. The second-order valence-corrected chi connectivity index (χ2v) is 3.92. The van der Waals surface area contributed by atoms with Gasteiger partial charge in [0.1, 0.15) is 0 Å². The van der Waals surface area contributed by atoms with Gasteiger partial charge in [-0.3, -0.25) is 9.78 Å². The minimum absolute atomic E-state index is 0.106. The van der Waals surface area contributed by atoms with E-state index in [1.54, 1.807) is 6.07 Å². The molecule has 1 N–H and O–H groups in total. The molecule has 1 saturated heterocycles. The number of hydrogen-bond donors (Lipinski definition) is 1. The van der Waals surface area contributed by atoms with Gasteiger partial charge in [-0.2, -0.15) is 0 Å². The molecule has 2 heterocycles. The van der Waals surface area contributed by atoms with Crippen molar-refractivity contribution < 1.29 is 9.53 Å². The lowest BCUT2D eigenvalue weighted by atomic mass is 10.2. The Morgan fingerprint density at radius 1 is 1.67 bits per heavy atom. The quantitative estimate of drug-likeness (QED) is 0.824. The first-order valence-corrected chi connectivity index (χ1v) is 5.05. The van der Waals surface area contributed by atoms with E-state index in [1.807, 2.05) is 6.92 Å². The Labute approximate surface area is 92.6 Å². The van der Waals surface area contributed by atoms with E-state index < -0.39 is 0 Å². The molecule has 1 fully saturated rings. The molecule has 0 aliphatic carbocycles. The fourth-order valence-electron chi connectivity index (χ4n) is 1.28. The molecule has 2 rings (SSSR count). The number of halogens is 1. The minimum Gasteiger partial charge on any atom is -0.377 e.